The number of benzene rings is 1. The van der Waals surface area contributed by atoms with Crippen molar-refractivity contribution in [3.05, 3.63) is 36.0 Å². The summed E-state index contributed by atoms with van der Waals surface area (Å²) in [4.78, 5) is 53.3. The van der Waals surface area contributed by atoms with Gasteiger partial charge in [-0.05, 0) is 49.8 Å². The van der Waals surface area contributed by atoms with E-state index in [0.29, 0.717) is 25.8 Å². The number of carbonyl (C=O) groups excluding carboxylic acids is 3. The first-order valence-electron chi connectivity index (χ1n) is 12.3. The number of fused-ring (bicyclic) bond motifs is 1. The Labute approximate surface area is 221 Å². The highest BCUT2D eigenvalue weighted by molar-refractivity contribution is 7.80. The Morgan fingerprint density at radius 2 is 1.68 bits per heavy atom. The normalized spacial score (nSPS) is 14.5. The van der Waals surface area contributed by atoms with E-state index in [1.165, 1.54) is 0 Å². The molecule has 12 heteroatoms. The van der Waals surface area contributed by atoms with E-state index < -0.39 is 47.9 Å². The van der Waals surface area contributed by atoms with Gasteiger partial charge in [0, 0.05) is 22.9 Å². The van der Waals surface area contributed by atoms with Crippen LogP contribution >= 0.6 is 12.6 Å². The van der Waals surface area contributed by atoms with Crippen LogP contribution in [-0.2, 0) is 25.6 Å². The van der Waals surface area contributed by atoms with Crippen molar-refractivity contribution < 1.29 is 24.3 Å². The number of amides is 3. The first-order valence-corrected chi connectivity index (χ1v) is 13.0. The predicted molar refractivity (Wildman–Crippen MR) is 145 cm³/mol. The Bertz CT molecular complexity index is 1070. The number of rotatable bonds is 15. The maximum absolute atomic E-state index is 13.2. The third-order valence-corrected chi connectivity index (χ3v) is 6.44. The van der Waals surface area contributed by atoms with Crippen molar-refractivity contribution in [1.29, 1.82) is 0 Å². The number of aromatic amines is 1. The van der Waals surface area contributed by atoms with E-state index in [9.17, 15) is 24.3 Å². The molecule has 0 radical (unpaired) electrons. The fourth-order valence-corrected chi connectivity index (χ4v) is 4.15. The van der Waals surface area contributed by atoms with Crippen molar-refractivity contribution >= 4 is 47.2 Å². The van der Waals surface area contributed by atoms with Crippen molar-refractivity contribution in [3.8, 4) is 0 Å². The van der Waals surface area contributed by atoms with Crippen LogP contribution in [0.4, 0.5) is 0 Å². The standard InChI is InChI=1S/C25H38N6O5S/c1-14(2)21(24(34)30-20(13-37)25(35)36)31-23(33)19(9-5-6-10-26)29-22(32)17(27)11-15-12-28-18-8-4-3-7-16(15)18/h3-4,7-8,12,14,17,19-21,28,37H,5-6,9-11,13,26-27H2,1-2H3,(H,29,32)(H,30,34)(H,31,33)(H,35,36)/t17-,19-,20-,21-/m0/s1. The summed E-state index contributed by atoms with van der Waals surface area (Å²) < 4.78 is 0. The van der Waals surface area contributed by atoms with Crippen molar-refractivity contribution in [1.82, 2.24) is 20.9 Å². The monoisotopic (exact) mass is 534 g/mol. The summed E-state index contributed by atoms with van der Waals surface area (Å²) in [7, 11) is 0. The van der Waals surface area contributed by atoms with E-state index in [-0.39, 0.29) is 18.1 Å². The molecule has 2 rings (SSSR count). The minimum Gasteiger partial charge on any atom is -0.480 e. The third-order valence-electron chi connectivity index (χ3n) is 6.08. The zero-order valence-corrected chi connectivity index (χ0v) is 22.1. The number of aromatic nitrogens is 1. The lowest BCUT2D eigenvalue weighted by atomic mass is 10.0. The highest BCUT2D eigenvalue weighted by Crippen LogP contribution is 2.19. The molecule has 9 N–H and O–H groups in total. The molecule has 3 amide bonds. The summed E-state index contributed by atoms with van der Waals surface area (Å²) in [6, 6.07) is 3.62. The number of carboxylic acids is 1. The molecule has 0 unspecified atom stereocenters. The van der Waals surface area contributed by atoms with Crippen molar-refractivity contribution in [2.45, 2.75) is 63.7 Å². The molecule has 0 fully saturated rings. The number of H-pyrrole nitrogens is 1. The number of hydrogen-bond acceptors (Lipinski definition) is 7. The van der Waals surface area contributed by atoms with Crippen LogP contribution in [0.1, 0.15) is 38.7 Å². The van der Waals surface area contributed by atoms with Crippen LogP contribution in [0, 0.1) is 5.92 Å². The van der Waals surface area contributed by atoms with E-state index in [2.05, 4.69) is 33.6 Å². The average molecular weight is 535 g/mol. The number of hydrogen-bond donors (Lipinski definition) is 8. The van der Waals surface area contributed by atoms with E-state index in [0.717, 1.165) is 16.5 Å². The lowest BCUT2D eigenvalue weighted by Gasteiger charge is -2.27. The summed E-state index contributed by atoms with van der Waals surface area (Å²) >= 11 is 3.95. The Balaban J connectivity index is 2.10. The summed E-state index contributed by atoms with van der Waals surface area (Å²) in [6.07, 6.45) is 3.60. The van der Waals surface area contributed by atoms with E-state index in [1.807, 2.05) is 30.5 Å². The maximum atomic E-state index is 13.2. The van der Waals surface area contributed by atoms with Gasteiger partial charge in [0.2, 0.25) is 17.7 Å². The number of carboxylic acid groups (broad SMARTS) is 1. The molecule has 37 heavy (non-hydrogen) atoms. The second-order valence-electron chi connectivity index (χ2n) is 9.33. The Morgan fingerprint density at radius 3 is 2.30 bits per heavy atom. The van der Waals surface area contributed by atoms with Crippen LogP contribution in [0.2, 0.25) is 0 Å². The van der Waals surface area contributed by atoms with Crippen LogP contribution in [0.3, 0.4) is 0 Å². The molecule has 0 aliphatic rings. The van der Waals surface area contributed by atoms with E-state index >= 15 is 0 Å². The number of carbonyl (C=O) groups is 4. The molecule has 0 aliphatic carbocycles. The first kappa shape index (κ1) is 30.1. The Morgan fingerprint density at radius 1 is 1.00 bits per heavy atom. The smallest absolute Gasteiger partial charge is 0.327 e. The SMILES string of the molecule is CC(C)[C@H](NC(=O)[C@H](CCCCN)NC(=O)[C@@H](N)Cc1c[nH]c2ccccc12)C(=O)N[C@@H](CS)C(=O)O. The summed E-state index contributed by atoms with van der Waals surface area (Å²) in [5.41, 5.74) is 13.6. The minimum atomic E-state index is -1.23. The number of unbranched alkanes of at least 4 members (excludes halogenated alkanes) is 1. The molecule has 0 bridgehead atoms. The molecule has 0 spiro atoms. The van der Waals surface area contributed by atoms with Crippen LogP contribution in [-0.4, -0.2) is 70.2 Å². The first-order chi connectivity index (χ1) is 17.6. The van der Waals surface area contributed by atoms with Gasteiger partial charge in [-0.1, -0.05) is 32.0 Å². The zero-order valence-electron chi connectivity index (χ0n) is 21.2. The number of nitrogens with one attached hydrogen (secondary N) is 4. The molecule has 1 heterocycles. The molecule has 204 valence electrons. The molecule has 2 aromatic rings. The number of nitrogens with two attached hydrogens (primary N) is 2. The molecule has 4 atom stereocenters. The van der Waals surface area contributed by atoms with Gasteiger partial charge in [-0.2, -0.15) is 12.6 Å². The highest BCUT2D eigenvalue weighted by Gasteiger charge is 2.31. The fraction of sp³-hybridized carbons (Fsp3) is 0.520. The van der Waals surface area contributed by atoms with Crippen LogP contribution in [0.25, 0.3) is 10.9 Å². The largest absolute Gasteiger partial charge is 0.480 e. The quantitative estimate of drug-likeness (QED) is 0.119. The lowest BCUT2D eigenvalue weighted by molar-refractivity contribution is -0.142. The van der Waals surface area contributed by atoms with Gasteiger partial charge in [0.05, 0.1) is 6.04 Å². The predicted octanol–water partition coefficient (Wildman–Crippen LogP) is 0.292. The molecule has 1 aromatic carbocycles. The van der Waals surface area contributed by atoms with Gasteiger partial charge in [-0.25, -0.2) is 4.79 Å². The Hall–Kier alpha value is -3.09. The molecular weight excluding hydrogens is 496 g/mol. The van der Waals surface area contributed by atoms with Gasteiger partial charge in [0.25, 0.3) is 0 Å². The molecule has 1 aromatic heterocycles. The average Bonchev–Trinajstić information content (AvgIpc) is 3.27. The molecule has 11 nitrogen and oxygen atoms in total. The van der Waals surface area contributed by atoms with Crippen LogP contribution in [0.15, 0.2) is 30.5 Å². The summed E-state index contributed by atoms with van der Waals surface area (Å²) in [6.45, 7) is 3.87. The van der Waals surface area contributed by atoms with Gasteiger partial charge in [-0.3, -0.25) is 14.4 Å². The van der Waals surface area contributed by atoms with Gasteiger partial charge < -0.3 is 37.5 Å². The molecule has 0 saturated heterocycles. The summed E-state index contributed by atoms with van der Waals surface area (Å²) in [5, 5.41) is 18.0. The van der Waals surface area contributed by atoms with E-state index in [1.54, 1.807) is 13.8 Å². The topological polar surface area (TPSA) is 192 Å². The lowest BCUT2D eigenvalue weighted by Crippen LogP contribution is -2.58. The van der Waals surface area contributed by atoms with Gasteiger partial charge in [-0.15, -0.1) is 0 Å². The molecular formula is C25H38N6O5S. The minimum absolute atomic E-state index is 0.105. The number of aliphatic carboxylic acids is 1. The third kappa shape index (κ3) is 8.76. The highest BCUT2D eigenvalue weighted by atomic mass is 32.1. The fourth-order valence-electron chi connectivity index (χ4n) is 3.91. The van der Waals surface area contributed by atoms with Gasteiger partial charge in [0.1, 0.15) is 18.1 Å². The van der Waals surface area contributed by atoms with E-state index in [4.69, 9.17) is 11.5 Å². The summed E-state index contributed by atoms with van der Waals surface area (Å²) in [5.74, 6) is -3.38. The van der Waals surface area contributed by atoms with Gasteiger partial charge in [0.15, 0.2) is 0 Å². The maximum Gasteiger partial charge on any atom is 0.327 e. The van der Waals surface area contributed by atoms with Crippen molar-refractivity contribution in [2.24, 2.45) is 17.4 Å². The van der Waals surface area contributed by atoms with Crippen LogP contribution < -0.4 is 27.4 Å². The van der Waals surface area contributed by atoms with Crippen molar-refractivity contribution in [3.63, 3.8) is 0 Å². The molecule has 0 saturated carbocycles. The zero-order chi connectivity index (χ0) is 27.5. The van der Waals surface area contributed by atoms with Crippen molar-refractivity contribution in [2.75, 3.05) is 12.3 Å². The van der Waals surface area contributed by atoms with Crippen LogP contribution in [0.5, 0.6) is 0 Å². The second kappa shape index (κ2) is 14.6. The number of thiol groups is 1. The van der Waals surface area contributed by atoms with Gasteiger partial charge >= 0.3 is 5.97 Å². The Kier molecular flexibility index (Phi) is 11.9. The second-order valence-corrected chi connectivity index (χ2v) is 9.69. The number of para-hydroxylation sites is 1. The molecule has 0 aliphatic heterocycles.